The van der Waals surface area contributed by atoms with Crippen LogP contribution in [0.2, 0.25) is 0 Å². The Kier molecular flexibility index (Phi) is 9.93. The second-order valence-electron chi connectivity index (χ2n) is 2.72. The standard InChI is InChI=1S/C6H13N.C3H6O2/c1-2-4-6-7-5-3-1;1-2-5-3-4/h7H,1-6H2;3H,2H2,1H3. The molecule has 0 atom stereocenters. The first-order chi connectivity index (χ1) is 5.91. The minimum absolute atomic E-state index is 0.431. The normalized spacial score (nSPS) is 16.8. The maximum Gasteiger partial charge on any atom is 0.293 e. The molecule has 0 amide bonds. The van der Waals surface area contributed by atoms with Crippen LogP contribution in [0.25, 0.3) is 0 Å². The number of hydrogen-bond donors (Lipinski definition) is 1. The summed E-state index contributed by atoms with van der Waals surface area (Å²) in [5, 5.41) is 3.35. The number of rotatable bonds is 2. The van der Waals surface area contributed by atoms with Crippen molar-refractivity contribution in [1.29, 1.82) is 0 Å². The highest BCUT2D eigenvalue weighted by atomic mass is 16.5. The highest BCUT2D eigenvalue weighted by molar-refractivity contribution is 5.36. The van der Waals surface area contributed by atoms with E-state index in [0.717, 1.165) is 0 Å². The van der Waals surface area contributed by atoms with E-state index in [-0.39, 0.29) is 0 Å². The lowest BCUT2D eigenvalue weighted by molar-refractivity contribution is -0.128. The number of nitrogens with one attached hydrogen (secondary N) is 1. The van der Waals surface area contributed by atoms with Crippen molar-refractivity contribution in [3.63, 3.8) is 0 Å². The van der Waals surface area contributed by atoms with Gasteiger partial charge in [0.1, 0.15) is 0 Å². The van der Waals surface area contributed by atoms with Crippen molar-refractivity contribution in [3.8, 4) is 0 Å². The van der Waals surface area contributed by atoms with Crippen LogP contribution in [0.4, 0.5) is 0 Å². The van der Waals surface area contributed by atoms with Crippen molar-refractivity contribution in [1.82, 2.24) is 5.32 Å². The molecule has 1 aliphatic rings. The van der Waals surface area contributed by atoms with Crippen LogP contribution < -0.4 is 5.32 Å². The molecule has 1 saturated heterocycles. The van der Waals surface area contributed by atoms with Gasteiger partial charge in [0.2, 0.25) is 0 Å². The van der Waals surface area contributed by atoms with Gasteiger partial charge in [-0.15, -0.1) is 0 Å². The second kappa shape index (κ2) is 10.4. The van der Waals surface area contributed by atoms with Gasteiger partial charge in [-0.1, -0.05) is 12.8 Å². The summed E-state index contributed by atoms with van der Waals surface area (Å²) in [7, 11) is 0. The summed E-state index contributed by atoms with van der Waals surface area (Å²) in [5.74, 6) is 0. The molecule has 1 rings (SSSR count). The Hall–Kier alpha value is -0.570. The average Bonchev–Trinajstić information content (AvgIpc) is 2.37. The van der Waals surface area contributed by atoms with E-state index >= 15 is 0 Å². The smallest absolute Gasteiger partial charge is 0.293 e. The maximum absolute atomic E-state index is 9.18. The first kappa shape index (κ1) is 11.4. The van der Waals surface area contributed by atoms with Crippen molar-refractivity contribution in [3.05, 3.63) is 0 Å². The number of hydrogen-bond acceptors (Lipinski definition) is 3. The lowest BCUT2D eigenvalue weighted by Crippen LogP contribution is -2.12. The maximum atomic E-state index is 9.18. The molecule has 0 unspecified atom stereocenters. The van der Waals surface area contributed by atoms with Crippen LogP contribution in [-0.4, -0.2) is 26.2 Å². The van der Waals surface area contributed by atoms with Gasteiger partial charge in [0.25, 0.3) is 6.47 Å². The molecular weight excluding hydrogens is 154 g/mol. The summed E-state index contributed by atoms with van der Waals surface area (Å²) in [6, 6.07) is 0. The fourth-order valence-corrected chi connectivity index (χ4v) is 1.05. The highest BCUT2D eigenvalue weighted by Gasteiger charge is 1.94. The van der Waals surface area contributed by atoms with Crippen molar-refractivity contribution < 1.29 is 9.53 Å². The van der Waals surface area contributed by atoms with Crippen LogP contribution in [0.3, 0.4) is 0 Å². The zero-order valence-corrected chi connectivity index (χ0v) is 7.84. The number of carbonyl (C=O) groups excluding carboxylic acids is 1. The third-order valence-corrected chi connectivity index (χ3v) is 1.69. The molecule has 0 radical (unpaired) electrons. The summed E-state index contributed by atoms with van der Waals surface area (Å²) < 4.78 is 4.15. The zero-order valence-electron chi connectivity index (χ0n) is 7.84. The topological polar surface area (TPSA) is 38.3 Å². The van der Waals surface area contributed by atoms with Gasteiger partial charge in [-0.05, 0) is 32.9 Å². The highest BCUT2D eigenvalue weighted by Crippen LogP contribution is 2.00. The third kappa shape index (κ3) is 9.43. The molecule has 1 fully saturated rings. The Labute approximate surface area is 74.5 Å². The van der Waals surface area contributed by atoms with Gasteiger partial charge in [0.05, 0.1) is 6.61 Å². The van der Waals surface area contributed by atoms with E-state index < -0.39 is 0 Å². The van der Waals surface area contributed by atoms with E-state index in [0.29, 0.717) is 13.1 Å². The molecule has 0 aromatic rings. The van der Waals surface area contributed by atoms with Crippen molar-refractivity contribution in [2.24, 2.45) is 0 Å². The SMILES string of the molecule is C1CCCNCC1.CCOC=O. The number of ether oxygens (including phenoxy) is 1. The van der Waals surface area contributed by atoms with Gasteiger partial charge >= 0.3 is 0 Å². The van der Waals surface area contributed by atoms with Gasteiger partial charge in [0.15, 0.2) is 0 Å². The molecule has 0 aromatic carbocycles. The van der Waals surface area contributed by atoms with Crippen molar-refractivity contribution in [2.75, 3.05) is 19.7 Å². The Bertz CT molecular complexity index is 76.9. The largest absolute Gasteiger partial charge is 0.468 e. The molecule has 12 heavy (non-hydrogen) atoms. The summed E-state index contributed by atoms with van der Waals surface area (Å²) in [4.78, 5) is 9.18. The second-order valence-corrected chi connectivity index (χ2v) is 2.72. The van der Waals surface area contributed by atoms with E-state index in [1.807, 2.05) is 0 Å². The van der Waals surface area contributed by atoms with Gasteiger partial charge < -0.3 is 10.1 Å². The van der Waals surface area contributed by atoms with Crippen LogP contribution in [0, 0.1) is 0 Å². The van der Waals surface area contributed by atoms with Gasteiger partial charge in [-0.25, -0.2) is 0 Å². The van der Waals surface area contributed by atoms with E-state index in [2.05, 4.69) is 10.1 Å². The summed E-state index contributed by atoms with van der Waals surface area (Å²) in [6.07, 6.45) is 5.65. The van der Waals surface area contributed by atoms with Crippen LogP contribution in [0.5, 0.6) is 0 Å². The zero-order chi connectivity index (χ0) is 9.07. The molecule has 72 valence electrons. The molecule has 0 spiro atoms. The monoisotopic (exact) mass is 173 g/mol. The minimum atomic E-state index is 0.431. The molecule has 0 aliphatic carbocycles. The molecule has 3 heteroatoms. The van der Waals surface area contributed by atoms with Gasteiger partial charge in [-0.3, -0.25) is 4.79 Å². The molecule has 0 aromatic heterocycles. The van der Waals surface area contributed by atoms with Crippen LogP contribution in [0.15, 0.2) is 0 Å². The lowest BCUT2D eigenvalue weighted by atomic mass is 10.2. The predicted molar refractivity (Wildman–Crippen MR) is 49.0 cm³/mol. The van der Waals surface area contributed by atoms with Crippen LogP contribution in [0.1, 0.15) is 32.6 Å². The van der Waals surface area contributed by atoms with E-state index in [1.165, 1.54) is 38.8 Å². The molecular formula is C9H19NO2. The fraction of sp³-hybridized carbons (Fsp3) is 0.889. The van der Waals surface area contributed by atoms with E-state index in [1.54, 1.807) is 6.92 Å². The van der Waals surface area contributed by atoms with Crippen molar-refractivity contribution >= 4 is 6.47 Å². The molecule has 0 saturated carbocycles. The molecule has 1 N–H and O–H groups in total. The van der Waals surface area contributed by atoms with Crippen molar-refractivity contribution in [2.45, 2.75) is 32.6 Å². The van der Waals surface area contributed by atoms with Crippen LogP contribution in [-0.2, 0) is 9.53 Å². The average molecular weight is 173 g/mol. The Morgan fingerprint density at radius 1 is 1.25 bits per heavy atom. The van der Waals surface area contributed by atoms with E-state index in [9.17, 15) is 4.79 Å². The molecule has 0 bridgehead atoms. The van der Waals surface area contributed by atoms with Gasteiger partial charge in [-0.2, -0.15) is 0 Å². The fourth-order valence-electron chi connectivity index (χ4n) is 1.05. The Balaban J connectivity index is 0.000000217. The minimum Gasteiger partial charge on any atom is -0.468 e. The van der Waals surface area contributed by atoms with Gasteiger partial charge in [0, 0.05) is 0 Å². The summed E-state index contributed by atoms with van der Waals surface area (Å²) >= 11 is 0. The first-order valence-corrected chi connectivity index (χ1v) is 4.67. The first-order valence-electron chi connectivity index (χ1n) is 4.67. The number of carbonyl (C=O) groups is 1. The summed E-state index contributed by atoms with van der Waals surface area (Å²) in [5.41, 5.74) is 0. The van der Waals surface area contributed by atoms with Crippen LogP contribution >= 0.6 is 0 Å². The Morgan fingerprint density at radius 3 is 2.17 bits per heavy atom. The quantitative estimate of drug-likeness (QED) is 0.640. The third-order valence-electron chi connectivity index (χ3n) is 1.69. The van der Waals surface area contributed by atoms with E-state index in [4.69, 9.17) is 0 Å². The predicted octanol–water partition coefficient (Wildman–Crippen LogP) is 1.33. The molecule has 1 heterocycles. The molecule has 3 nitrogen and oxygen atoms in total. The molecule has 1 aliphatic heterocycles. The Morgan fingerprint density at radius 2 is 1.83 bits per heavy atom. The lowest BCUT2D eigenvalue weighted by Gasteiger charge is -1.91. The summed E-state index contributed by atoms with van der Waals surface area (Å²) in [6.45, 7) is 5.16.